The van der Waals surface area contributed by atoms with E-state index < -0.39 is 11.8 Å². The Morgan fingerprint density at radius 2 is 1.38 bits per heavy atom. The predicted molar refractivity (Wildman–Crippen MR) is 155 cm³/mol. The third-order valence-corrected chi connectivity index (χ3v) is 6.74. The number of amides is 3. The summed E-state index contributed by atoms with van der Waals surface area (Å²) in [5, 5.41) is 6.25. The van der Waals surface area contributed by atoms with Crippen LogP contribution in [0.2, 0.25) is 5.02 Å². The van der Waals surface area contributed by atoms with E-state index in [9.17, 15) is 14.4 Å². The monoisotopic (exact) mass is 571 g/mol. The largest absolute Gasteiger partial charge is 0.489 e. The number of benzene rings is 4. The van der Waals surface area contributed by atoms with E-state index in [1.54, 1.807) is 48.5 Å². The fraction of sp³-hybridized carbons (Fsp3) is 0.0645. The Balaban J connectivity index is 1.16. The van der Waals surface area contributed by atoms with Gasteiger partial charge in [-0.25, -0.2) is 0 Å². The van der Waals surface area contributed by atoms with Crippen LogP contribution in [0.5, 0.6) is 5.75 Å². The van der Waals surface area contributed by atoms with Crippen molar-refractivity contribution in [1.82, 2.24) is 4.90 Å². The minimum absolute atomic E-state index is 0.00169. The van der Waals surface area contributed by atoms with Crippen LogP contribution in [-0.4, -0.2) is 22.6 Å². The van der Waals surface area contributed by atoms with Crippen molar-refractivity contribution in [3.05, 3.63) is 136 Å². The molecule has 0 aromatic heterocycles. The van der Waals surface area contributed by atoms with Gasteiger partial charge in [-0.15, -0.1) is 0 Å². The number of carbonyl (C=O) groups is 3. The number of ether oxygens (including phenoxy) is 1. The first kappa shape index (κ1) is 27.0. The Morgan fingerprint density at radius 1 is 0.725 bits per heavy atom. The summed E-state index contributed by atoms with van der Waals surface area (Å²) >= 11 is 12.1. The van der Waals surface area contributed by atoms with Crippen LogP contribution >= 0.6 is 23.2 Å². The van der Waals surface area contributed by atoms with Crippen molar-refractivity contribution in [2.45, 2.75) is 13.2 Å². The molecule has 1 aliphatic heterocycles. The van der Waals surface area contributed by atoms with Gasteiger partial charge in [0, 0.05) is 22.0 Å². The molecular formula is C31H23Cl2N3O4. The average molecular weight is 572 g/mol. The lowest BCUT2D eigenvalue weighted by Crippen LogP contribution is -2.31. The molecule has 200 valence electrons. The van der Waals surface area contributed by atoms with Crippen molar-refractivity contribution in [2.75, 3.05) is 10.6 Å². The van der Waals surface area contributed by atoms with Gasteiger partial charge in [0.25, 0.3) is 17.7 Å². The van der Waals surface area contributed by atoms with E-state index in [2.05, 4.69) is 10.6 Å². The fourth-order valence-corrected chi connectivity index (χ4v) is 4.35. The second-order valence-electron chi connectivity index (χ2n) is 8.97. The van der Waals surface area contributed by atoms with Gasteiger partial charge in [-0.05, 0) is 71.8 Å². The van der Waals surface area contributed by atoms with Crippen LogP contribution in [-0.2, 0) is 22.7 Å². The van der Waals surface area contributed by atoms with E-state index in [0.717, 1.165) is 16.0 Å². The lowest BCUT2D eigenvalue weighted by molar-refractivity contribution is -0.138. The molecule has 4 aromatic carbocycles. The van der Waals surface area contributed by atoms with Crippen LogP contribution < -0.4 is 15.4 Å². The summed E-state index contributed by atoms with van der Waals surface area (Å²) in [4.78, 5) is 39.3. The Labute approximate surface area is 241 Å². The minimum atomic E-state index is -0.560. The van der Waals surface area contributed by atoms with Crippen LogP contribution in [0.3, 0.4) is 0 Å². The molecule has 0 unspecified atom stereocenters. The van der Waals surface area contributed by atoms with E-state index in [4.69, 9.17) is 27.9 Å². The zero-order chi connectivity index (χ0) is 28.1. The Kier molecular flexibility index (Phi) is 8.15. The number of hydrogen-bond donors (Lipinski definition) is 2. The number of rotatable bonds is 9. The molecule has 0 spiro atoms. The van der Waals surface area contributed by atoms with Gasteiger partial charge in [0.05, 0.1) is 6.54 Å². The predicted octanol–water partition coefficient (Wildman–Crippen LogP) is 6.60. The maximum Gasteiger partial charge on any atom is 0.279 e. The molecule has 3 amide bonds. The molecule has 0 radical (unpaired) electrons. The summed E-state index contributed by atoms with van der Waals surface area (Å²) in [5.74, 6) is -0.713. The van der Waals surface area contributed by atoms with Gasteiger partial charge >= 0.3 is 0 Å². The van der Waals surface area contributed by atoms with Crippen LogP contribution in [0, 0.1) is 0 Å². The number of carbonyl (C=O) groups excluding carboxylic acids is 3. The van der Waals surface area contributed by atoms with Crippen LogP contribution in [0.4, 0.5) is 11.4 Å². The summed E-state index contributed by atoms with van der Waals surface area (Å²) in [7, 11) is 0. The maximum absolute atomic E-state index is 12.9. The Hall–Kier alpha value is -4.59. The highest BCUT2D eigenvalue weighted by Gasteiger charge is 2.37. The first-order chi connectivity index (χ1) is 19.4. The van der Waals surface area contributed by atoms with Crippen LogP contribution in [0.15, 0.2) is 114 Å². The lowest BCUT2D eigenvalue weighted by Gasteiger charge is -2.15. The molecule has 5 rings (SSSR count). The molecule has 0 saturated carbocycles. The molecule has 1 heterocycles. The van der Waals surface area contributed by atoms with Crippen LogP contribution in [0.25, 0.3) is 0 Å². The Bertz CT molecular complexity index is 1570. The van der Waals surface area contributed by atoms with Crippen molar-refractivity contribution >= 4 is 52.3 Å². The van der Waals surface area contributed by atoms with Gasteiger partial charge < -0.3 is 15.4 Å². The van der Waals surface area contributed by atoms with Crippen LogP contribution in [0.1, 0.15) is 21.5 Å². The van der Waals surface area contributed by atoms with E-state index in [-0.39, 0.29) is 23.2 Å². The lowest BCUT2D eigenvalue weighted by atomic mass is 10.2. The Morgan fingerprint density at radius 3 is 2.05 bits per heavy atom. The summed E-state index contributed by atoms with van der Waals surface area (Å²) in [5.41, 5.74) is 3.33. The third kappa shape index (κ3) is 6.34. The molecule has 4 aromatic rings. The molecule has 0 saturated heterocycles. The van der Waals surface area contributed by atoms with Gasteiger partial charge in [0.2, 0.25) is 0 Å². The number of hydrogen-bond acceptors (Lipinski definition) is 5. The molecular weight excluding hydrogens is 549 g/mol. The first-order valence-electron chi connectivity index (χ1n) is 12.3. The number of halogens is 2. The molecule has 0 atom stereocenters. The molecule has 9 heteroatoms. The van der Waals surface area contributed by atoms with Gasteiger partial charge in [0.1, 0.15) is 23.1 Å². The van der Waals surface area contributed by atoms with E-state index in [1.807, 2.05) is 54.6 Å². The number of nitrogens with one attached hydrogen (secondary N) is 2. The van der Waals surface area contributed by atoms with Gasteiger partial charge in [0.15, 0.2) is 0 Å². The van der Waals surface area contributed by atoms with E-state index >= 15 is 0 Å². The fourth-order valence-electron chi connectivity index (χ4n) is 4.00. The molecule has 0 aliphatic carbocycles. The van der Waals surface area contributed by atoms with E-state index in [1.165, 1.54) is 0 Å². The van der Waals surface area contributed by atoms with Crippen molar-refractivity contribution < 1.29 is 19.1 Å². The molecule has 7 nitrogen and oxygen atoms in total. The number of anilines is 2. The highest BCUT2D eigenvalue weighted by atomic mass is 35.5. The quantitative estimate of drug-likeness (QED) is 0.221. The second kappa shape index (κ2) is 12.1. The van der Waals surface area contributed by atoms with Crippen molar-refractivity contribution in [3.8, 4) is 5.75 Å². The molecule has 0 bridgehead atoms. The summed E-state index contributed by atoms with van der Waals surface area (Å²) in [6, 6.07) is 30.1. The summed E-state index contributed by atoms with van der Waals surface area (Å²) < 4.78 is 5.78. The number of imide groups is 1. The topological polar surface area (TPSA) is 87.7 Å². The van der Waals surface area contributed by atoms with Gasteiger partial charge in [-0.1, -0.05) is 65.7 Å². The second-order valence-corrected chi connectivity index (χ2v) is 9.78. The standard InChI is InChI=1S/C31H23Cl2N3O4/c32-23-10-6-21(7-11-23)19-40-26-16-14-25(15-17-26)35-29(37)22-8-12-24(13-9-22)34-28-27(33)30(38)36(31(28)39)18-20-4-2-1-3-5-20/h1-17,34H,18-19H2,(H,35,37). The summed E-state index contributed by atoms with van der Waals surface area (Å²) in [6.07, 6.45) is 0. The normalized spacial score (nSPS) is 13.0. The van der Waals surface area contributed by atoms with Crippen molar-refractivity contribution in [1.29, 1.82) is 0 Å². The molecule has 40 heavy (non-hydrogen) atoms. The first-order valence-corrected chi connectivity index (χ1v) is 13.1. The highest BCUT2D eigenvalue weighted by molar-refractivity contribution is 6.48. The zero-order valence-electron chi connectivity index (χ0n) is 21.1. The zero-order valence-corrected chi connectivity index (χ0v) is 22.6. The van der Waals surface area contributed by atoms with Crippen molar-refractivity contribution in [3.63, 3.8) is 0 Å². The maximum atomic E-state index is 12.9. The highest BCUT2D eigenvalue weighted by Crippen LogP contribution is 2.27. The van der Waals surface area contributed by atoms with E-state index in [0.29, 0.717) is 34.3 Å². The van der Waals surface area contributed by atoms with Crippen molar-refractivity contribution in [2.24, 2.45) is 0 Å². The molecule has 2 N–H and O–H groups in total. The number of nitrogens with zero attached hydrogens (tertiary/aromatic N) is 1. The minimum Gasteiger partial charge on any atom is -0.489 e. The smallest absolute Gasteiger partial charge is 0.279 e. The average Bonchev–Trinajstić information content (AvgIpc) is 3.17. The molecule has 1 aliphatic rings. The SMILES string of the molecule is O=C(Nc1ccc(OCc2ccc(Cl)cc2)cc1)c1ccc(NC2=C(Cl)C(=O)N(Cc3ccccc3)C2=O)cc1. The van der Waals surface area contributed by atoms with Gasteiger partial charge in [-0.2, -0.15) is 0 Å². The summed E-state index contributed by atoms with van der Waals surface area (Å²) in [6.45, 7) is 0.519. The van der Waals surface area contributed by atoms with Gasteiger partial charge in [-0.3, -0.25) is 19.3 Å². The third-order valence-electron chi connectivity index (χ3n) is 6.14. The molecule has 0 fully saturated rings.